The Hall–Kier alpha value is -2.93. The summed E-state index contributed by atoms with van der Waals surface area (Å²) >= 11 is 5.99. The normalized spacial score (nSPS) is 26.8. The van der Waals surface area contributed by atoms with E-state index >= 15 is 0 Å². The van der Waals surface area contributed by atoms with Gasteiger partial charge in [0, 0.05) is 23.3 Å². The lowest BCUT2D eigenvalue weighted by Gasteiger charge is -2.36. The highest BCUT2D eigenvalue weighted by Gasteiger charge is 2.42. The molecule has 0 radical (unpaired) electrons. The van der Waals surface area contributed by atoms with E-state index in [2.05, 4.69) is 5.10 Å². The average Bonchev–Trinajstić information content (AvgIpc) is 3.47. The molecule has 1 aromatic heterocycles. The first kappa shape index (κ1) is 21.9. The number of benzene rings is 1. The van der Waals surface area contributed by atoms with E-state index in [-0.39, 0.29) is 17.8 Å². The van der Waals surface area contributed by atoms with Crippen LogP contribution in [0.5, 0.6) is 0 Å². The second-order valence-electron chi connectivity index (χ2n) is 9.03. The number of ether oxygens (including phenoxy) is 1. The minimum atomic E-state index is -0.416. The van der Waals surface area contributed by atoms with E-state index in [1.165, 1.54) is 5.01 Å². The molecule has 5 rings (SSSR count). The van der Waals surface area contributed by atoms with Crippen molar-refractivity contribution in [3.8, 4) is 0 Å². The first-order valence-electron chi connectivity index (χ1n) is 11.4. The number of amides is 1. The molecule has 2 aliphatic carbocycles. The zero-order chi connectivity index (χ0) is 22.9. The van der Waals surface area contributed by atoms with Crippen molar-refractivity contribution in [2.75, 3.05) is 6.61 Å². The Labute approximate surface area is 196 Å². The molecule has 2 heterocycles. The number of hydrazone groups is 1. The number of nitrogens with zero attached hydrogens (tertiary/aromatic N) is 2. The van der Waals surface area contributed by atoms with Crippen LogP contribution >= 0.6 is 11.6 Å². The number of fused-ring (bicyclic) bond motifs is 2. The maximum Gasteiger partial charge on any atom is 0.309 e. The van der Waals surface area contributed by atoms with E-state index in [1.54, 1.807) is 30.5 Å². The van der Waals surface area contributed by atoms with Crippen LogP contribution < -0.4 is 0 Å². The van der Waals surface area contributed by atoms with Crippen LogP contribution in [-0.4, -0.2) is 35.0 Å². The number of ketones is 1. The van der Waals surface area contributed by atoms with Gasteiger partial charge in [0.05, 0.1) is 17.9 Å². The van der Waals surface area contributed by atoms with E-state index in [0.29, 0.717) is 35.8 Å². The largest absolute Gasteiger partial charge is 0.467 e. The maximum absolute atomic E-state index is 13.0. The summed E-state index contributed by atoms with van der Waals surface area (Å²) in [4.78, 5) is 38.0. The molecule has 3 unspecified atom stereocenters. The lowest BCUT2D eigenvalue weighted by atomic mass is 9.67. The van der Waals surface area contributed by atoms with Gasteiger partial charge < -0.3 is 9.15 Å². The molecular formula is C25H25ClN2O5. The van der Waals surface area contributed by atoms with Crippen molar-refractivity contribution < 1.29 is 23.5 Å². The molecule has 3 atom stereocenters. The number of esters is 1. The van der Waals surface area contributed by atoms with Gasteiger partial charge in [0.25, 0.3) is 5.91 Å². The molecule has 8 heteroatoms. The standard InChI is InChI=1S/C25H25ClN2O5/c26-19-8-6-15(7-9-19)20-13-21(22-5-2-10-32-22)28(27-20)23(29)14-33-25(31)18-11-16-3-1-4-17(12-18)24(16)30/h2,5-10,16-18,21H,1,3-4,11-14H2. The van der Waals surface area contributed by atoms with E-state index in [0.717, 1.165) is 30.5 Å². The third-order valence-corrected chi connectivity index (χ3v) is 7.19. The molecular weight excluding hydrogens is 444 g/mol. The molecule has 1 amide bonds. The summed E-state index contributed by atoms with van der Waals surface area (Å²) in [6.45, 7) is -0.396. The Balaban J connectivity index is 1.27. The fourth-order valence-corrected chi connectivity index (χ4v) is 5.37. The van der Waals surface area contributed by atoms with Crippen LogP contribution in [0.4, 0.5) is 0 Å². The Kier molecular flexibility index (Phi) is 6.06. The van der Waals surface area contributed by atoms with Crippen LogP contribution in [0.15, 0.2) is 52.2 Å². The van der Waals surface area contributed by atoms with Crippen molar-refractivity contribution in [2.24, 2.45) is 22.9 Å². The fourth-order valence-electron chi connectivity index (χ4n) is 5.25. The molecule has 2 fully saturated rings. The minimum absolute atomic E-state index is 0.0424. The lowest BCUT2D eigenvalue weighted by Crippen LogP contribution is -2.40. The van der Waals surface area contributed by atoms with E-state index in [9.17, 15) is 14.4 Å². The van der Waals surface area contributed by atoms with Crippen LogP contribution in [-0.2, 0) is 19.1 Å². The minimum Gasteiger partial charge on any atom is -0.467 e. The van der Waals surface area contributed by atoms with Crippen LogP contribution in [0.25, 0.3) is 0 Å². The lowest BCUT2D eigenvalue weighted by molar-refractivity contribution is -0.159. The third-order valence-electron chi connectivity index (χ3n) is 6.93. The molecule has 2 bridgehead atoms. The molecule has 33 heavy (non-hydrogen) atoms. The highest BCUT2D eigenvalue weighted by molar-refractivity contribution is 6.30. The van der Waals surface area contributed by atoms with E-state index in [4.69, 9.17) is 20.8 Å². The highest BCUT2D eigenvalue weighted by atomic mass is 35.5. The first-order valence-corrected chi connectivity index (χ1v) is 11.8. The molecule has 2 saturated carbocycles. The predicted molar refractivity (Wildman–Crippen MR) is 120 cm³/mol. The van der Waals surface area contributed by atoms with Crippen molar-refractivity contribution in [3.63, 3.8) is 0 Å². The van der Waals surface area contributed by atoms with Crippen LogP contribution in [0.2, 0.25) is 5.02 Å². The summed E-state index contributed by atoms with van der Waals surface area (Å²) < 4.78 is 11.0. The van der Waals surface area contributed by atoms with E-state index in [1.807, 2.05) is 12.1 Å². The molecule has 7 nitrogen and oxygen atoms in total. The number of furan rings is 1. The number of halogens is 1. The monoisotopic (exact) mass is 468 g/mol. The summed E-state index contributed by atoms with van der Waals surface area (Å²) in [6.07, 6.45) is 5.82. The second kappa shape index (κ2) is 9.14. The van der Waals surface area contributed by atoms with Crippen molar-refractivity contribution in [1.82, 2.24) is 5.01 Å². The maximum atomic E-state index is 13.0. The average molecular weight is 469 g/mol. The van der Waals surface area contributed by atoms with Gasteiger partial charge in [0.2, 0.25) is 0 Å². The fraction of sp³-hybridized carbons (Fsp3) is 0.440. The number of carbonyl (C=O) groups excluding carboxylic acids is 3. The van der Waals surface area contributed by atoms with Gasteiger partial charge in [-0.2, -0.15) is 5.10 Å². The molecule has 1 aliphatic heterocycles. The van der Waals surface area contributed by atoms with Crippen molar-refractivity contribution in [3.05, 3.63) is 59.0 Å². The van der Waals surface area contributed by atoms with E-state index < -0.39 is 24.5 Å². The topological polar surface area (TPSA) is 89.2 Å². The van der Waals surface area contributed by atoms with Gasteiger partial charge in [0.15, 0.2) is 6.61 Å². The van der Waals surface area contributed by atoms with Crippen molar-refractivity contribution in [2.45, 2.75) is 44.6 Å². The summed E-state index contributed by atoms with van der Waals surface area (Å²) in [5.74, 6) is -0.314. The Bertz CT molecular complexity index is 1060. The van der Waals surface area contributed by atoms with Gasteiger partial charge in [-0.3, -0.25) is 14.4 Å². The number of hydrogen-bond donors (Lipinski definition) is 0. The Morgan fingerprint density at radius 3 is 2.52 bits per heavy atom. The molecule has 172 valence electrons. The summed E-state index contributed by atoms with van der Waals surface area (Å²) in [5, 5.41) is 6.49. The summed E-state index contributed by atoms with van der Waals surface area (Å²) in [5.41, 5.74) is 1.59. The van der Waals surface area contributed by atoms with Crippen molar-refractivity contribution >= 4 is 35.0 Å². The number of rotatable bonds is 5. The summed E-state index contributed by atoms with van der Waals surface area (Å²) in [7, 11) is 0. The van der Waals surface area contributed by atoms with Crippen LogP contribution in [0, 0.1) is 17.8 Å². The third kappa shape index (κ3) is 4.47. The first-order chi connectivity index (χ1) is 16.0. The van der Waals surface area contributed by atoms with Crippen LogP contribution in [0.1, 0.15) is 55.9 Å². The Morgan fingerprint density at radius 2 is 1.85 bits per heavy atom. The zero-order valence-electron chi connectivity index (χ0n) is 18.1. The second-order valence-corrected chi connectivity index (χ2v) is 9.47. The predicted octanol–water partition coefficient (Wildman–Crippen LogP) is 4.55. The van der Waals surface area contributed by atoms with Gasteiger partial charge in [-0.05, 0) is 55.5 Å². The van der Waals surface area contributed by atoms with Gasteiger partial charge in [-0.1, -0.05) is 30.2 Å². The van der Waals surface area contributed by atoms with Gasteiger partial charge in [0.1, 0.15) is 17.6 Å². The Morgan fingerprint density at radius 1 is 1.12 bits per heavy atom. The van der Waals surface area contributed by atoms with Crippen molar-refractivity contribution in [1.29, 1.82) is 0 Å². The molecule has 0 spiro atoms. The molecule has 0 saturated heterocycles. The SMILES string of the molecule is O=C(OCC(=O)N1N=C(c2ccc(Cl)cc2)CC1c1ccco1)C1CC2CCCC(C1)C2=O. The van der Waals surface area contributed by atoms with Gasteiger partial charge in [-0.25, -0.2) is 5.01 Å². The molecule has 2 aromatic rings. The van der Waals surface area contributed by atoms with Crippen LogP contribution in [0.3, 0.4) is 0 Å². The molecule has 1 aromatic carbocycles. The highest BCUT2D eigenvalue weighted by Crippen LogP contribution is 2.40. The van der Waals surface area contributed by atoms with Gasteiger partial charge >= 0.3 is 5.97 Å². The number of Topliss-reactive ketones (excluding diaryl/α,β-unsaturated/α-hetero) is 1. The molecule has 3 aliphatic rings. The quantitative estimate of drug-likeness (QED) is 0.600. The smallest absolute Gasteiger partial charge is 0.309 e. The zero-order valence-corrected chi connectivity index (χ0v) is 18.9. The number of hydrogen-bond acceptors (Lipinski definition) is 6. The molecule has 0 N–H and O–H groups in total. The van der Waals surface area contributed by atoms with Gasteiger partial charge in [-0.15, -0.1) is 0 Å². The number of carbonyl (C=O) groups is 3. The summed E-state index contributed by atoms with van der Waals surface area (Å²) in [6, 6.07) is 10.4.